The van der Waals surface area contributed by atoms with Crippen molar-refractivity contribution in [3.05, 3.63) is 157 Å². The third-order valence-corrected chi connectivity index (χ3v) is 6.22. The van der Waals surface area contributed by atoms with Crippen LogP contribution in [-0.4, -0.2) is 44.8 Å². The highest BCUT2D eigenvalue weighted by molar-refractivity contribution is 5.86. The van der Waals surface area contributed by atoms with Gasteiger partial charge in [-0.3, -0.25) is 39.9 Å². The molecule has 9 heteroatoms. The van der Waals surface area contributed by atoms with Crippen LogP contribution in [0.3, 0.4) is 0 Å². The first-order chi connectivity index (χ1) is 22.3. The minimum atomic E-state index is 0.573. The van der Waals surface area contributed by atoms with Crippen LogP contribution in [0.1, 0.15) is 22.8 Å². The van der Waals surface area contributed by atoms with Crippen LogP contribution in [-0.2, 0) is 0 Å². The average molecular weight is 587 g/mol. The Morgan fingerprint density at radius 3 is 1.02 bits per heavy atom. The summed E-state index contributed by atoms with van der Waals surface area (Å²) < 4.78 is 6.29. The maximum absolute atomic E-state index is 6.29. The molecule has 0 aliphatic rings. The lowest BCUT2D eigenvalue weighted by atomic mass is 10.2. The van der Waals surface area contributed by atoms with E-state index in [4.69, 9.17) is 4.74 Å². The number of nitrogens with zero attached hydrogens (tertiary/aromatic N) is 8. The van der Waals surface area contributed by atoms with Crippen molar-refractivity contribution in [2.24, 2.45) is 20.0 Å². The van der Waals surface area contributed by atoms with Gasteiger partial charge in [-0.05, 0) is 72.8 Å². The van der Waals surface area contributed by atoms with Crippen molar-refractivity contribution in [2.75, 3.05) is 0 Å². The minimum absolute atomic E-state index is 0.573. The summed E-state index contributed by atoms with van der Waals surface area (Å²) in [6, 6.07) is 33.7. The van der Waals surface area contributed by atoms with Crippen molar-refractivity contribution in [1.82, 2.24) is 19.9 Å². The van der Waals surface area contributed by atoms with Crippen molar-refractivity contribution in [3.8, 4) is 11.5 Å². The summed E-state index contributed by atoms with van der Waals surface area (Å²) in [6.45, 7) is 0. The van der Waals surface area contributed by atoms with Gasteiger partial charge >= 0.3 is 0 Å². The van der Waals surface area contributed by atoms with Crippen LogP contribution >= 0.6 is 0 Å². The number of benzene rings is 2. The lowest BCUT2D eigenvalue weighted by Crippen LogP contribution is -1.88. The first-order valence-electron chi connectivity index (χ1n) is 14.0. The largest absolute Gasteiger partial charge is 0.457 e. The number of pyridine rings is 4. The molecule has 0 fully saturated rings. The molecule has 45 heavy (non-hydrogen) atoms. The summed E-state index contributed by atoms with van der Waals surface area (Å²) in [6.07, 6.45) is 13.7. The zero-order valence-corrected chi connectivity index (χ0v) is 24.0. The summed E-state index contributed by atoms with van der Waals surface area (Å²) in [4.78, 5) is 36.0. The second-order valence-corrected chi connectivity index (χ2v) is 9.45. The standard InChI is InChI=1S/C36H26N8O/c1-5-17-37-27(9-1)23-41-33-15-13-31(21-35(33)43-25-29-11-3-7-19-39-29)45-32-14-16-34(42-24-28-10-2-6-18-38-28)36(22-32)44-26-30-12-4-8-20-40-30/h1-26H. The molecule has 216 valence electrons. The first-order valence-corrected chi connectivity index (χ1v) is 14.0. The fourth-order valence-corrected chi connectivity index (χ4v) is 4.05. The molecule has 2 aromatic carbocycles. The monoisotopic (exact) mass is 586 g/mol. The molecule has 6 aromatic rings. The van der Waals surface area contributed by atoms with Gasteiger partial charge in [-0.1, -0.05) is 24.3 Å². The number of rotatable bonds is 10. The molecule has 0 bridgehead atoms. The van der Waals surface area contributed by atoms with E-state index in [2.05, 4.69) is 39.9 Å². The fraction of sp³-hybridized carbons (Fsp3) is 0. The van der Waals surface area contributed by atoms with E-state index < -0.39 is 0 Å². The molecule has 4 aromatic heterocycles. The van der Waals surface area contributed by atoms with E-state index in [0.717, 1.165) is 22.8 Å². The van der Waals surface area contributed by atoms with E-state index in [-0.39, 0.29) is 0 Å². The number of aromatic nitrogens is 4. The summed E-state index contributed by atoms with van der Waals surface area (Å²) in [5.41, 5.74) is 5.44. The molecule has 0 unspecified atom stereocenters. The van der Waals surface area contributed by atoms with Crippen molar-refractivity contribution < 1.29 is 4.74 Å². The highest BCUT2D eigenvalue weighted by Gasteiger charge is 2.08. The van der Waals surface area contributed by atoms with Crippen LogP contribution < -0.4 is 4.74 Å². The average Bonchev–Trinajstić information content (AvgIpc) is 3.11. The van der Waals surface area contributed by atoms with Gasteiger partial charge in [-0.25, -0.2) is 0 Å². The molecule has 0 N–H and O–H groups in total. The molecule has 0 aliphatic heterocycles. The van der Waals surface area contributed by atoms with Gasteiger partial charge in [0.15, 0.2) is 0 Å². The van der Waals surface area contributed by atoms with Crippen molar-refractivity contribution in [2.45, 2.75) is 0 Å². The summed E-state index contributed by atoms with van der Waals surface area (Å²) in [5.74, 6) is 1.15. The smallest absolute Gasteiger partial charge is 0.129 e. The SMILES string of the molecule is C(=Nc1ccc(Oc2ccc(N=Cc3ccccn3)c(N=Cc3ccccn3)c2)cc1N=Cc1ccccn1)c1ccccn1. The van der Waals surface area contributed by atoms with Crippen LogP contribution in [0.15, 0.2) is 154 Å². The quantitative estimate of drug-likeness (QED) is 0.151. The molecule has 4 heterocycles. The van der Waals surface area contributed by atoms with E-state index in [1.54, 1.807) is 49.6 Å². The highest BCUT2D eigenvalue weighted by Crippen LogP contribution is 2.37. The Bertz CT molecular complexity index is 1820. The van der Waals surface area contributed by atoms with Gasteiger partial charge in [-0.2, -0.15) is 0 Å². The molecule has 9 nitrogen and oxygen atoms in total. The molecular weight excluding hydrogens is 560 g/mol. The Labute approximate surface area is 260 Å². The van der Waals surface area contributed by atoms with Gasteiger partial charge in [0, 0.05) is 36.9 Å². The zero-order valence-electron chi connectivity index (χ0n) is 24.0. The maximum atomic E-state index is 6.29. The van der Waals surface area contributed by atoms with E-state index >= 15 is 0 Å². The van der Waals surface area contributed by atoms with E-state index in [1.807, 2.05) is 109 Å². The number of hydrogen-bond donors (Lipinski definition) is 0. The van der Waals surface area contributed by atoms with E-state index in [1.165, 1.54) is 0 Å². The van der Waals surface area contributed by atoms with Crippen LogP contribution in [0.5, 0.6) is 11.5 Å². The van der Waals surface area contributed by atoms with Gasteiger partial charge in [-0.15, -0.1) is 0 Å². The summed E-state index contributed by atoms with van der Waals surface area (Å²) in [7, 11) is 0. The Morgan fingerprint density at radius 2 is 0.711 bits per heavy atom. The molecule has 0 radical (unpaired) electrons. The van der Waals surface area contributed by atoms with Gasteiger partial charge in [0.2, 0.25) is 0 Å². The number of aliphatic imine (C=N–C) groups is 4. The van der Waals surface area contributed by atoms with E-state index in [9.17, 15) is 0 Å². The molecule has 0 spiro atoms. The Balaban J connectivity index is 1.31. The second kappa shape index (κ2) is 14.6. The molecular formula is C36H26N8O. The first kappa shape index (κ1) is 28.6. The second-order valence-electron chi connectivity index (χ2n) is 9.45. The molecule has 0 atom stereocenters. The van der Waals surface area contributed by atoms with Gasteiger partial charge in [0.1, 0.15) is 11.5 Å². The van der Waals surface area contributed by atoms with Crippen LogP contribution in [0.25, 0.3) is 0 Å². The molecule has 0 aliphatic carbocycles. The zero-order chi connectivity index (χ0) is 30.5. The fourth-order valence-electron chi connectivity index (χ4n) is 4.05. The molecule has 0 amide bonds. The predicted octanol–water partition coefficient (Wildman–Crippen LogP) is 8.06. The Hall–Kier alpha value is -6.48. The minimum Gasteiger partial charge on any atom is -0.457 e. The van der Waals surface area contributed by atoms with Crippen LogP contribution in [0.2, 0.25) is 0 Å². The molecule has 0 saturated carbocycles. The Morgan fingerprint density at radius 1 is 0.378 bits per heavy atom. The summed E-state index contributed by atoms with van der Waals surface area (Å²) in [5, 5.41) is 0. The topological polar surface area (TPSA) is 110 Å². The number of hydrogen-bond acceptors (Lipinski definition) is 9. The lowest BCUT2D eigenvalue weighted by Gasteiger charge is -2.10. The summed E-state index contributed by atoms with van der Waals surface area (Å²) >= 11 is 0. The predicted molar refractivity (Wildman–Crippen MR) is 179 cm³/mol. The normalized spacial score (nSPS) is 11.6. The molecule has 6 rings (SSSR count). The van der Waals surface area contributed by atoms with Crippen LogP contribution in [0.4, 0.5) is 22.7 Å². The van der Waals surface area contributed by atoms with Gasteiger partial charge in [0.25, 0.3) is 0 Å². The maximum Gasteiger partial charge on any atom is 0.129 e. The third kappa shape index (κ3) is 8.30. The van der Waals surface area contributed by atoms with Crippen molar-refractivity contribution in [3.63, 3.8) is 0 Å². The van der Waals surface area contributed by atoms with Gasteiger partial charge < -0.3 is 4.74 Å². The Kier molecular flexibility index (Phi) is 9.30. The van der Waals surface area contributed by atoms with Crippen LogP contribution in [0, 0.1) is 0 Å². The number of ether oxygens (including phenoxy) is 1. The van der Waals surface area contributed by atoms with Crippen molar-refractivity contribution >= 4 is 47.6 Å². The van der Waals surface area contributed by atoms with Gasteiger partial charge in [0.05, 0.1) is 70.4 Å². The van der Waals surface area contributed by atoms with E-state index in [0.29, 0.717) is 34.2 Å². The molecule has 0 saturated heterocycles. The lowest BCUT2D eigenvalue weighted by molar-refractivity contribution is 0.483. The highest BCUT2D eigenvalue weighted by atomic mass is 16.5. The third-order valence-electron chi connectivity index (χ3n) is 6.22. The van der Waals surface area contributed by atoms with Crippen molar-refractivity contribution in [1.29, 1.82) is 0 Å².